The van der Waals surface area contributed by atoms with Gasteiger partial charge in [0.05, 0.1) is 6.10 Å². The highest BCUT2D eigenvalue weighted by Crippen LogP contribution is 2.29. The molecule has 2 atom stereocenters. The van der Waals surface area contributed by atoms with Crippen molar-refractivity contribution in [2.45, 2.75) is 58.0 Å². The van der Waals surface area contributed by atoms with Gasteiger partial charge in [-0.3, -0.25) is 0 Å². The van der Waals surface area contributed by atoms with Crippen molar-refractivity contribution >= 4 is 0 Å². The van der Waals surface area contributed by atoms with Crippen LogP contribution < -0.4 is 0 Å². The van der Waals surface area contributed by atoms with Crippen LogP contribution in [0, 0.1) is 5.92 Å². The van der Waals surface area contributed by atoms with E-state index < -0.39 is 0 Å². The van der Waals surface area contributed by atoms with Gasteiger partial charge in [0.1, 0.15) is 0 Å². The molecule has 11 heavy (non-hydrogen) atoms. The smallest absolute Gasteiger partial charge is 0.0543 e. The van der Waals surface area contributed by atoms with Gasteiger partial charge >= 0.3 is 0 Å². The van der Waals surface area contributed by atoms with E-state index in [0.717, 1.165) is 18.8 Å². The predicted molar refractivity (Wildman–Crippen MR) is 47.5 cm³/mol. The van der Waals surface area contributed by atoms with Crippen molar-refractivity contribution in [3.63, 3.8) is 0 Å². The second-order valence-electron chi connectivity index (χ2n) is 3.83. The molecule has 1 heteroatoms. The maximum Gasteiger partial charge on any atom is 0.0543 e. The van der Waals surface area contributed by atoms with E-state index in [1.807, 2.05) is 0 Å². The van der Waals surface area contributed by atoms with Crippen LogP contribution in [0.15, 0.2) is 0 Å². The van der Waals surface area contributed by atoms with Gasteiger partial charge < -0.3 is 5.11 Å². The molecular formula is C10H20O. The summed E-state index contributed by atoms with van der Waals surface area (Å²) in [5, 5.41) is 9.26. The van der Waals surface area contributed by atoms with Gasteiger partial charge in [0.25, 0.3) is 0 Å². The predicted octanol–water partition coefficient (Wildman–Crippen LogP) is 2.73. The van der Waals surface area contributed by atoms with Crippen molar-refractivity contribution in [3.05, 3.63) is 0 Å². The lowest BCUT2D eigenvalue weighted by atomic mass is 10.00. The van der Waals surface area contributed by atoms with Crippen LogP contribution in [0.1, 0.15) is 51.9 Å². The Morgan fingerprint density at radius 1 is 1.27 bits per heavy atom. The van der Waals surface area contributed by atoms with Gasteiger partial charge in [0.15, 0.2) is 0 Å². The number of rotatable bonds is 4. The molecule has 1 saturated carbocycles. The largest absolute Gasteiger partial charge is 0.393 e. The lowest BCUT2D eigenvalue weighted by molar-refractivity contribution is 0.176. The van der Waals surface area contributed by atoms with Gasteiger partial charge in [-0.25, -0.2) is 0 Å². The highest BCUT2D eigenvalue weighted by atomic mass is 16.3. The van der Waals surface area contributed by atoms with E-state index in [9.17, 15) is 5.11 Å². The fourth-order valence-corrected chi connectivity index (χ4v) is 1.99. The Hall–Kier alpha value is -0.0400. The molecular weight excluding hydrogens is 136 g/mol. The molecule has 0 aromatic rings. The Kier molecular flexibility index (Phi) is 3.92. The lowest BCUT2D eigenvalue weighted by Crippen LogP contribution is -2.00. The summed E-state index contributed by atoms with van der Waals surface area (Å²) < 4.78 is 0. The minimum Gasteiger partial charge on any atom is -0.393 e. The molecule has 1 N–H and O–H groups in total. The van der Waals surface area contributed by atoms with Crippen molar-refractivity contribution in [3.8, 4) is 0 Å². The Labute approximate surface area is 69.8 Å². The molecule has 1 fully saturated rings. The maximum atomic E-state index is 9.26. The quantitative estimate of drug-likeness (QED) is 0.620. The molecule has 0 amide bonds. The minimum absolute atomic E-state index is 0.0293. The summed E-state index contributed by atoms with van der Waals surface area (Å²) in [6.45, 7) is 2.24. The van der Waals surface area contributed by atoms with Gasteiger partial charge in [-0.2, -0.15) is 0 Å². The molecule has 1 rings (SSSR count). The molecule has 0 radical (unpaired) electrons. The number of hydrogen-bond donors (Lipinski definition) is 1. The fraction of sp³-hybridized carbons (Fsp3) is 1.00. The van der Waals surface area contributed by atoms with Crippen molar-refractivity contribution in [1.82, 2.24) is 0 Å². The van der Waals surface area contributed by atoms with E-state index in [2.05, 4.69) is 6.92 Å². The SMILES string of the molecule is CCCCC[C@@H]1CC[C@H](O)C1. The molecule has 0 spiro atoms. The Balaban J connectivity index is 1.99. The van der Waals surface area contributed by atoms with Crippen LogP contribution in [0.3, 0.4) is 0 Å². The molecule has 0 aromatic heterocycles. The summed E-state index contributed by atoms with van der Waals surface area (Å²) in [6.07, 6.45) is 8.83. The van der Waals surface area contributed by atoms with Crippen molar-refractivity contribution in [2.75, 3.05) is 0 Å². The zero-order valence-corrected chi connectivity index (χ0v) is 7.55. The monoisotopic (exact) mass is 156 g/mol. The first-order valence-corrected chi connectivity index (χ1v) is 5.01. The van der Waals surface area contributed by atoms with Crippen molar-refractivity contribution in [2.24, 2.45) is 5.92 Å². The van der Waals surface area contributed by atoms with Gasteiger partial charge in [-0.15, -0.1) is 0 Å². The first-order chi connectivity index (χ1) is 5.33. The van der Waals surface area contributed by atoms with Crippen LogP contribution in [0.5, 0.6) is 0 Å². The first-order valence-electron chi connectivity index (χ1n) is 5.01. The number of aliphatic hydroxyl groups excluding tert-OH is 1. The van der Waals surface area contributed by atoms with Crippen LogP contribution in [0.2, 0.25) is 0 Å². The molecule has 0 bridgehead atoms. The maximum absolute atomic E-state index is 9.26. The first kappa shape index (κ1) is 9.05. The summed E-state index contributed by atoms with van der Waals surface area (Å²) in [4.78, 5) is 0. The normalized spacial score (nSPS) is 31.1. The number of aliphatic hydroxyl groups is 1. The molecule has 1 aliphatic carbocycles. The van der Waals surface area contributed by atoms with Crippen molar-refractivity contribution in [1.29, 1.82) is 0 Å². The van der Waals surface area contributed by atoms with Crippen LogP contribution in [-0.4, -0.2) is 11.2 Å². The highest BCUT2D eigenvalue weighted by molar-refractivity contribution is 4.74. The van der Waals surface area contributed by atoms with Crippen LogP contribution in [0.4, 0.5) is 0 Å². The Morgan fingerprint density at radius 2 is 2.09 bits per heavy atom. The summed E-state index contributed by atoms with van der Waals surface area (Å²) in [5.74, 6) is 0.844. The fourth-order valence-electron chi connectivity index (χ4n) is 1.99. The molecule has 0 aromatic carbocycles. The summed E-state index contributed by atoms with van der Waals surface area (Å²) >= 11 is 0. The van der Waals surface area contributed by atoms with E-state index >= 15 is 0 Å². The molecule has 0 saturated heterocycles. The minimum atomic E-state index is 0.0293. The van der Waals surface area contributed by atoms with Crippen LogP contribution in [-0.2, 0) is 0 Å². The zero-order valence-electron chi connectivity index (χ0n) is 7.55. The third-order valence-corrected chi connectivity index (χ3v) is 2.73. The van der Waals surface area contributed by atoms with Crippen molar-refractivity contribution < 1.29 is 5.11 Å². The standard InChI is InChI=1S/C10H20O/c1-2-3-4-5-9-6-7-10(11)8-9/h9-11H,2-8H2,1H3/t9-,10+/m1/s1. The number of hydrogen-bond acceptors (Lipinski definition) is 1. The summed E-state index contributed by atoms with van der Waals surface area (Å²) in [6, 6.07) is 0. The summed E-state index contributed by atoms with van der Waals surface area (Å²) in [7, 11) is 0. The summed E-state index contributed by atoms with van der Waals surface area (Å²) in [5.41, 5.74) is 0. The average molecular weight is 156 g/mol. The van der Waals surface area contributed by atoms with E-state index in [1.165, 1.54) is 32.1 Å². The van der Waals surface area contributed by atoms with E-state index in [-0.39, 0.29) is 6.10 Å². The third-order valence-electron chi connectivity index (χ3n) is 2.73. The molecule has 0 aliphatic heterocycles. The highest BCUT2D eigenvalue weighted by Gasteiger charge is 2.21. The molecule has 1 nitrogen and oxygen atoms in total. The topological polar surface area (TPSA) is 20.2 Å². The second kappa shape index (κ2) is 4.76. The van der Waals surface area contributed by atoms with Gasteiger partial charge in [-0.05, 0) is 25.2 Å². The molecule has 0 unspecified atom stereocenters. The Bertz CT molecular complexity index is 101. The van der Waals surface area contributed by atoms with E-state index in [4.69, 9.17) is 0 Å². The van der Waals surface area contributed by atoms with Gasteiger partial charge in [0, 0.05) is 0 Å². The van der Waals surface area contributed by atoms with Crippen LogP contribution in [0.25, 0.3) is 0 Å². The van der Waals surface area contributed by atoms with E-state index in [1.54, 1.807) is 0 Å². The zero-order chi connectivity index (χ0) is 8.10. The average Bonchev–Trinajstić information content (AvgIpc) is 2.37. The Morgan fingerprint density at radius 3 is 2.64 bits per heavy atom. The van der Waals surface area contributed by atoms with E-state index in [0.29, 0.717) is 0 Å². The third kappa shape index (κ3) is 3.24. The van der Waals surface area contributed by atoms with Crippen LogP contribution >= 0.6 is 0 Å². The molecule has 1 aliphatic rings. The lowest BCUT2D eigenvalue weighted by Gasteiger charge is -2.07. The van der Waals surface area contributed by atoms with Gasteiger partial charge in [0.2, 0.25) is 0 Å². The van der Waals surface area contributed by atoms with Gasteiger partial charge in [-0.1, -0.05) is 32.6 Å². The molecule has 66 valence electrons. The second-order valence-corrected chi connectivity index (χ2v) is 3.83. The number of unbranched alkanes of at least 4 members (excludes halogenated alkanes) is 2. The molecule has 0 heterocycles.